The van der Waals surface area contributed by atoms with Crippen LogP contribution in [0.25, 0.3) is 21.3 Å². The zero-order valence-electron chi connectivity index (χ0n) is 13.2. The number of thiophene rings is 1. The van der Waals surface area contributed by atoms with Crippen molar-refractivity contribution in [2.75, 3.05) is 0 Å². The van der Waals surface area contributed by atoms with Crippen LogP contribution in [-0.2, 0) is 16.1 Å². The number of halogens is 1. The van der Waals surface area contributed by atoms with Crippen LogP contribution < -0.4 is 5.56 Å². The lowest BCUT2D eigenvalue weighted by Crippen LogP contribution is -2.14. The van der Waals surface area contributed by atoms with Crippen molar-refractivity contribution in [1.82, 2.24) is 9.38 Å². The molecule has 4 rings (SSSR count). The molecule has 4 aromatic rings. The first-order chi connectivity index (χ1) is 12.6. The average molecular weight is 447 g/mol. The molecule has 3 aromatic heterocycles. The molecule has 0 N–H and O–H groups in total. The highest BCUT2D eigenvalue weighted by Crippen LogP contribution is 2.24. The Bertz CT molecular complexity index is 1210. The second-order valence-electron chi connectivity index (χ2n) is 5.36. The Morgan fingerprint density at radius 1 is 1.23 bits per heavy atom. The van der Waals surface area contributed by atoms with Crippen LogP contribution >= 0.6 is 38.6 Å². The molecule has 0 saturated carbocycles. The van der Waals surface area contributed by atoms with Crippen molar-refractivity contribution in [3.63, 3.8) is 0 Å². The summed E-state index contributed by atoms with van der Waals surface area (Å²) in [7, 11) is 0. The maximum absolute atomic E-state index is 12.4. The summed E-state index contributed by atoms with van der Waals surface area (Å²) in [5.41, 5.74) is 1.08. The molecule has 1 aromatic carbocycles. The number of rotatable bonds is 4. The normalized spacial score (nSPS) is 11.6. The molecule has 3 heterocycles. The third-order valence-electron chi connectivity index (χ3n) is 3.59. The topological polar surface area (TPSA) is 60.7 Å². The van der Waals surface area contributed by atoms with E-state index in [2.05, 4.69) is 20.9 Å². The van der Waals surface area contributed by atoms with Crippen molar-refractivity contribution in [2.24, 2.45) is 0 Å². The number of carbonyl (C=O) groups excluding carboxylic acids is 1. The highest BCUT2D eigenvalue weighted by atomic mass is 79.9. The first-order valence-electron chi connectivity index (χ1n) is 7.60. The second-order valence-corrected chi connectivity index (χ2v) is 8.86. The largest absolute Gasteiger partial charge is 0.456 e. The summed E-state index contributed by atoms with van der Waals surface area (Å²) in [5.74, 6) is -0.479. The van der Waals surface area contributed by atoms with Gasteiger partial charge in [0.05, 0.1) is 19.7 Å². The van der Waals surface area contributed by atoms with E-state index in [0.717, 1.165) is 18.9 Å². The Kier molecular flexibility index (Phi) is 4.71. The van der Waals surface area contributed by atoms with Gasteiger partial charge in [-0.05, 0) is 46.3 Å². The lowest BCUT2D eigenvalue weighted by Gasteiger charge is -2.02. The van der Waals surface area contributed by atoms with Crippen LogP contribution in [0.4, 0.5) is 0 Å². The van der Waals surface area contributed by atoms with Gasteiger partial charge in [0.2, 0.25) is 0 Å². The van der Waals surface area contributed by atoms with Gasteiger partial charge in [0.1, 0.15) is 6.61 Å². The summed E-state index contributed by atoms with van der Waals surface area (Å²) in [6.07, 6.45) is 3.05. The van der Waals surface area contributed by atoms with Crippen LogP contribution in [-0.4, -0.2) is 15.4 Å². The van der Waals surface area contributed by atoms with Gasteiger partial charge in [-0.2, -0.15) is 0 Å². The summed E-state index contributed by atoms with van der Waals surface area (Å²) < 4.78 is 8.74. The van der Waals surface area contributed by atoms with E-state index in [4.69, 9.17) is 4.74 Å². The van der Waals surface area contributed by atoms with E-state index >= 15 is 0 Å². The Balaban J connectivity index is 1.52. The van der Waals surface area contributed by atoms with E-state index in [1.165, 1.54) is 34.8 Å². The maximum Gasteiger partial charge on any atom is 0.331 e. The number of benzene rings is 1. The quantitative estimate of drug-likeness (QED) is 0.342. The summed E-state index contributed by atoms with van der Waals surface area (Å²) in [4.78, 5) is 30.2. The molecule has 0 amide bonds. The Morgan fingerprint density at radius 2 is 2.08 bits per heavy atom. The minimum Gasteiger partial charge on any atom is -0.456 e. The van der Waals surface area contributed by atoms with Crippen molar-refractivity contribution in [3.05, 3.63) is 73.3 Å². The van der Waals surface area contributed by atoms with Gasteiger partial charge in [0.15, 0.2) is 4.96 Å². The lowest BCUT2D eigenvalue weighted by atomic mass is 10.3. The highest BCUT2D eigenvalue weighted by molar-refractivity contribution is 9.11. The molecule has 0 aliphatic heterocycles. The highest BCUT2D eigenvalue weighted by Gasteiger charge is 2.10. The van der Waals surface area contributed by atoms with Crippen LogP contribution in [0.3, 0.4) is 0 Å². The molecular weight excluding hydrogens is 436 g/mol. The molecule has 0 aliphatic rings. The third kappa shape index (κ3) is 3.48. The maximum atomic E-state index is 12.4. The van der Waals surface area contributed by atoms with E-state index in [-0.39, 0.29) is 12.2 Å². The summed E-state index contributed by atoms with van der Waals surface area (Å²) in [6.45, 7) is -0.0444. The number of carbonyl (C=O) groups is 1. The first-order valence-corrected chi connectivity index (χ1v) is 10.0. The van der Waals surface area contributed by atoms with Gasteiger partial charge in [0.25, 0.3) is 5.56 Å². The molecule has 130 valence electrons. The van der Waals surface area contributed by atoms with Gasteiger partial charge in [-0.25, -0.2) is 9.78 Å². The zero-order chi connectivity index (χ0) is 18.1. The number of nitrogens with zero attached hydrogens (tertiary/aromatic N) is 2. The van der Waals surface area contributed by atoms with Crippen LogP contribution in [0.5, 0.6) is 0 Å². The van der Waals surface area contributed by atoms with E-state index in [1.807, 2.05) is 36.4 Å². The van der Waals surface area contributed by atoms with Crippen LogP contribution in [0, 0.1) is 0 Å². The van der Waals surface area contributed by atoms with Crippen LogP contribution in [0.2, 0.25) is 0 Å². The molecule has 0 saturated heterocycles. The van der Waals surface area contributed by atoms with Crippen molar-refractivity contribution in [1.29, 1.82) is 0 Å². The second kappa shape index (κ2) is 7.14. The monoisotopic (exact) mass is 446 g/mol. The predicted molar refractivity (Wildman–Crippen MR) is 108 cm³/mol. The number of esters is 1. The molecule has 5 nitrogen and oxygen atoms in total. The molecule has 0 spiro atoms. The SMILES string of the molecule is O=C(C=Cc1ccc(Br)s1)OCc1cc(=O)n2c(n1)sc1ccccc12. The minimum absolute atomic E-state index is 0.0444. The van der Waals surface area contributed by atoms with Crippen molar-refractivity contribution >= 4 is 65.8 Å². The molecule has 0 fully saturated rings. The standard InChI is InChI=1S/C18H11BrN2O3S2/c19-15-7-5-12(25-15)6-8-17(23)24-10-11-9-16(22)21-13-3-1-2-4-14(13)26-18(21)20-11/h1-9H,10H2. The fraction of sp³-hybridized carbons (Fsp3) is 0.0556. The predicted octanol–water partition coefficient (Wildman–Crippen LogP) is 4.49. The first kappa shape index (κ1) is 17.1. The van der Waals surface area contributed by atoms with Crippen molar-refractivity contribution in [2.45, 2.75) is 6.61 Å². The van der Waals surface area contributed by atoms with Crippen LogP contribution in [0.1, 0.15) is 10.6 Å². The number of ether oxygens (including phenoxy) is 1. The smallest absolute Gasteiger partial charge is 0.331 e. The lowest BCUT2D eigenvalue weighted by molar-refractivity contribution is -0.139. The molecule has 0 unspecified atom stereocenters. The summed E-state index contributed by atoms with van der Waals surface area (Å²) in [5, 5.41) is 0. The summed E-state index contributed by atoms with van der Waals surface area (Å²) >= 11 is 6.31. The Labute approximate surface area is 164 Å². The third-order valence-corrected chi connectivity index (χ3v) is 6.20. The molecule has 26 heavy (non-hydrogen) atoms. The number of para-hydroxylation sites is 1. The van der Waals surface area contributed by atoms with Gasteiger partial charge >= 0.3 is 5.97 Å². The molecule has 0 atom stereocenters. The fourth-order valence-electron chi connectivity index (χ4n) is 2.46. The number of hydrogen-bond acceptors (Lipinski definition) is 6. The number of fused-ring (bicyclic) bond motifs is 3. The Hall–Kier alpha value is -2.29. The van der Waals surface area contributed by atoms with Crippen molar-refractivity contribution in [3.8, 4) is 0 Å². The molecule has 0 aliphatic carbocycles. The molecule has 0 radical (unpaired) electrons. The molecular formula is C18H11BrN2O3S2. The minimum atomic E-state index is -0.479. The van der Waals surface area contributed by atoms with E-state index in [9.17, 15) is 9.59 Å². The van der Waals surface area contributed by atoms with Gasteiger partial charge in [-0.15, -0.1) is 11.3 Å². The van der Waals surface area contributed by atoms with Gasteiger partial charge in [0, 0.05) is 17.0 Å². The molecule has 8 heteroatoms. The van der Waals surface area contributed by atoms with E-state index in [0.29, 0.717) is 10.7 Å². The zero-order valence-corrected chi connectivity index (χ0v) is 16.4. The number of thiazole rings is 1. The van der Waals surface area contributed by atoms with E-state index in [1.54, 1.807) is 10.5 Å². The van der Waals surface area contributed by atoms with Crippen LogP contribution in [0.15, 0.2) is 57.1 Å². The Morgan fingerprint density at radius 3 is 2.88 bits per heavy atom. The molecule has 0 bridgehead atoms. The fourth-order valence-corrected chi connectivity index (χ4v) is 4.83. The van der Waals surface area contributed by atoms with Gasteiger partial charge in [-0.1, -0.05) is 23.5 Å². The average Bonchev–Trinajstić information content (AvgIpc) is 3.21. The van der Waals surface area contributed by atoms with E-state index < -0.39 is 5.97 Å². The van der Waals surface area contributed by atoms with Gasteiger partial charge < -0.3 is 4.74 Å². The van der Waals surface area contributed by atoms with Crippen molar-refractivity contribution < 1.29 is 9.53 Å². The summed E-state index contributed by atoms with van der Waals surface area (Å²) in [6, 6.07) is 12.8. The van der Waals surface area contributed by atoms with Gasteiger partial charge in [-0.3, -0.25) is 9.20 Å². The number of aromatic nitrogens is 2. The number of hydrogen-bond donors (Lipinski definition) is 0.